The number of hydrogen-bond donors (Lipinski definition) is 0. The van der Waals surface area contributed by atoms with Gasteiger partial charge in [0.15, 0.2) is 0 Å². The molecule has 0 fully saturated rings. The zero-order valence-corrected chi connectivity index (χ0v) is 14.6. The predicted molar refractivity (Wildman–Crippen MR) is 87.0 cm³/mol. The molecule has 0 aliphatic rings. The molecule has 0 spiro atoms. The third kappa shape index (κ3) is 8.54. The summed E-state index contributed by atoms with van der Waals surface area (Å²) in [6, 6.07) is 1.12. The van der Waals surface area contributed by atoms with Crippen molar-refractivity contribution in [2.75, 3.05) is 40.8 Å². The molecule has 0 aliphatic carbocycles. The lowest BCUT2D eigenvalue weighted by Gasteiger charge is -2.24. The van der Waals surface area contributed by atoms with Crippen LogP contribution in [0.2, 0.25) is 0 Å². The third-order valence-electron chi connectivity index (χ3n) is 4.09. The summed E-state index contributed by atoms with van der Waals surface area (Å²) in [4.78, 5) is 18.5. The first-order valence-electron chi connectivity index (χ1n) is 7.90. The van der Waals surface area contributed by atoms with E-state index in [1.807, 2.05) is 11.9 Å². The average Bonchev–Trinajstić information content (AvgIpc) is 2.37. The van der Waals surface area contributed by atoms with Gasteiger partial charge in [0.2, 0.25) is 5.91 Å². The van der Waals surface area contributed by atoms with Gasteiger partial charge in [0, 0.05) is 32.1 Å². The van der Waals surface area contributed by atoms with Crippen molar-refractivity contribution in [1.82, 2.24) is 14.7 Å². The van der Waals surface area contributed by atoms with Gasteiger partial charge in [-0.05, 0) is 67.7 Å². The molecule has 0 N–H and O–H groups in total. The van der Waals surface area contributed by atoms with Crippen LogP contribution >= 0.6 is 0 Å². The summed E-state index contributed by atoms with van der Waals surface area (Å²) in [5, 5.41) is 0. The summed E-state index contributed by atoms with van der Waals surface area (Å²) in [7, 11) is 6.17. The van der Waals surface area contributed by atoms with Gasteiger partial charge in [-0.1, -0.05) is 0 Å². The van der Waals surface area contributed by atoms with Crippen molar-refractivity contribution in [3.63, 3.8) is 0 Å². The summed E-state index contributed by atoms with van der Waals surface area (Å²) in [6.45, 7) is 11.6. The van der Waals surface area contributed by atoms with Crippen LogP contribution in [0.3, 0.4) is 0 Å². The zero-order valence-electron chi connectivity index (χ0n) is 14.6. The van der Waals surface area contributed by atoms with Gasteiger partial charge in [0.25, 0.3) is 0 Å². The minimum atomic E-state index is 0.273. The fourth-order valence-corrected chi connectivity index (χ4v) is 1.87. The highest BCUT2D eigenvalue weighted by Gasteiger charge is 2.10. The minimum Gasteiger partial charge on any atom is -0.346 e. The first kappa shape index (κ1) is 19.4. The van der Waals surface area contributed by atoms with Crippen LogP contribution in [-0.2, 0) is 4.79 Å². The molecule has 1 amide bonds. The average molecular weight is 285 g/mol. The van der Waals surface area contributed by atoms with Gasteiger partial charge in [0.05, 0.1) is 0 Å². The molecule has 0 atom stereocenters. The van der Waals surface area contributed by atoms with E-state index in [4.69, 9.17) is 0 Å². The van der Waals surface area contributed by atoms with E-state index in [0.717, 1.165) is 32.5 Å². The Morgan fingerprint density at radius 2 is 1.25 bits per heavy atom. The van der Waals surface area contributed by atoms with Gasteiger partial charge in [-0.2, -0.15) is 0 Å². The van der Waals surface area contributed by atoms with Crippen LogP contribution in [0.1, 0.15) is 47.0 Å². The quantitative estimate of drug-likeness (QED) is 0.616. The second-order valence-electron chi connectivity index (χ2n) is 6.42. The Labute approximate surface area is 126 Å². The Balaban J connectivity index is 3.76. The maximum Gasteiger partial charge on any atom is 0.222 e. The Hall–Kier alpha value is -0.610. The number of hydrogen-bond acceptors (Lipinski definition) is 3. The highest BCUT2D eigenvalue weighted by atomic mass is 16.2. The monoisotopic (exact) mass is 285 g/mol. The minimum absolute atomic E-state index is 0.273. The Bertz CT molecular complexity index is 266. The Morgan fingerprint density at radius 1 is 0.800 bits per heavy atom. The number of carbonyl (C=O) groups excluding carboxylic acids is 1. The van der Waals surface area contributed by atoms with Gasteiger partial charge in [-0.15, -0.1) is 0 Å². The lowest BCUT2D eigenvalue weighted by atomic mass is 10.2. The Kier molecular flexibility index (Phi) is 9.86. The van der Waals surface area contributed by atoms with Gasteiger partial charge in [-0.3, -0.25) is 4.79 Å². The molecule has 0 aromatic carbocycles. The van der Waals surface area contributed by atoms with Crippen LogP contribution < -0.4 is 0 Å². The second kappa shape index (κ2) is 10.2. The van der Waals surface area contributed by atoms with Gasteiger partial charge < -0.3 is 14.7 Å². The van der Waals surface area contributed by atoms with Crippen LogP contribution in [0.4, 0.5) is 0 Å². The molecule has 0 bridgehead atoms. The molecule has 0 aliphatic heterocycles. The molecule has 4 heteroatoms. The van der Waals surface area contributed by atoms with Gasteiger partial charge >= 0.3 is 0 Å². The van der Waals surface area contributed by atoms with Gasteiger partial charge in [0.1, 0.15) is 0 Å². The van der Waals surface area contributed by atoms with E-state index >= 15 is 0 Å². The lowest BCUT2D eigenvalue weighted by Crippen LogP contribution is -2.33. The molecule has 120 valence electrons. The molecular weight excluding hydrogens is 250 g/mol. The highest BCUT2D eigenvalue weighted by molar-refractivity contribution is 5.75. The number of nitrogens with zero attached hydrogens (tertiary/aromatic N) is 3. The highest BCUT2D eigenvalue weighted by Crippen LogP contribution is 2.02. The van der Waals surface area contributed by atoms with Crippen LogP contribution in [-0.4, -0.2) is 73.5 Å². The number of carbonyl (C=O) groups is 1. The van der Waals surface area contributed by atoms with Crippen molar-refractivity contribution in [2.24, 2.45) is 0 Å². The summed E-state index contributed by atoms with van der Waals surface area (Å²) >= 11 is 0. The molecule has 0 saturated heterocycles. The predicted octanol–water partition coefficient (Wildman–Crippen LogP) is 2.30. The molecule has 20 heavy (non-hydrogen) atoms. The van der Waals surface area contributed by atoms with Crippen molar-refractivity contribution in [3.05, 3.63) is 0 Å². The topological polar surface area (TPSA) is 26.8 Å². The van der Waals surface area contributed by atoms with Crippen molar-refractivity contribution in [2.45, 2.75) is 59.0 Å². The molecule has 0 rings (SSSR count). The van der Waals surface area contributed by atoms with E-state index in [-0.39, 0.29) is 5.91 Å². The van der Waals surface area contributed by atoms with E-state index in [0.29, 0.717) is 18.5 Å². The van der Waals surface area contributed by atoms with E-state index in [9.17, 15) is 4.79 Å². The zero-order chi connectivity index (χ0) is 15.7. The molecule has 0 saturated carbocycles. The molecule has 0 radical (unpaired) electrons. The molecule has 0 aromatic heterocycles. The van der Waals surface area contributed by atoms with Crippen molar-refractivity contribution in [1.29, 1.82) is 0 Å². The lowest BCUT2D eigenvalue weighted by molar-refractivity contribution is -0.130. The van der Waals surface area contributed by atoms with Crippen molar-refractivity contribution >= 4 is 5.91 Å². The van der Waals surface area contributed by atoms with Crippen LogP contribution in [0.25, 0.3) is 0 Å². The summed E-state index contributed by atoms with van der Waals surface area (Å²) in [6.07, 6.45) is 2.65. The molecule has 0 heterocycles. The second-order valence-corrected chi connectivity index (χ2v) is 6.42. The van der Waals surface area contributed by atoms with Crippen molar-refractivity contribution < 1.29 is 4.79 Å². The molecular formula is C16H35N3O. The molecule has 4 nitrogen and oxygen atoms in total. The SMILES string of the molecule is CC(C)N(C)CCCC(=O)N(C)CCCN(C)C(C)C. The standard InChI is InChI=1S/C16H35N3O/c1-14(2)17(5)11-8-10-16(20)19(7)13-9-12-18(6)15(3)4/h14-15H,8-13H2,1-7H3. The van der Waals surface area contributed by atoms with E-state index in [1.54, 1.807) is 0 Å². The van der Waals surface area contributed by atoms with Crippen LogP contribution in [0, 0.1) is 0 Å². The Morgan fingerprint density at radius 3 is 1.70 bits per heavy atom. The molecule has 0 unspecified atom stereocenters. The van der Waals surface area contributed by atoms with Gasteiger partial charge in [-0.25, -0.2) is 0 Å². The maximum atomic E-state index is 12.0. The molecule has 0 aromatic rings. The van der Waals surface area contributed by atoms with E-state index < -0.39 is 0 Å². The first-order chi connectivity index (χ1) is 9.25. The summed E-state index contributed by atoms with van der Waals surface area (Å²) in [5.74, 6) is 0.273. The summed E-state index contributed by atoms with van der Waals surface area (Å²) < 4.78 is 0. The van der Waals surface area contributed by atoms with E-state index in [1.165, 1.54) is 0 Å². The van der Waals surface area contributed by atoms with Crippen molar-refractivity contribution in [3.8, 4) is 0 Å². The van der Waals surface area contributed by atoms with E-state index in [2.05, 4.69) is 51.6 Å². The fraction of sp³-hybridized carbons (Fsp3) is 0.938. The number of amides is 1. The van der Waals surface area contributed by atoms with Crippen LogP contribution in [0.5, 0.6) is 0 Å². The first-order valence-corrected chi connectivity index (χ1v) is 7.90. The summed E-state index contributed by atoms with van der Waals surface area (Å²) in [5.41, 5.74) is 0. The third-order valence-corrected chi connectivity index (χ3v) is 4.09. The normalized spacial score (nSPS) is 11.9. The fourth-order valence-electron chi connectivity index (χ4n) is 1.87. The number of rotatable bonds is 10. The maximum absolute atomic E-state index is 12.0. The smallest absolute Gasteiger partial charge is 0.222 e. The largest absolute Gasteiger partial charge is 0.346 e. The van der Waals surface area contributed by atoms with Crippen LogP contribution in [0.15, 0.2) is 0 Å².